The zero-order valence-electron chi connectivity index (χ0n) is 16.4. The normalized spacial score (nSPS) is 16.3. The van der Waals surface area contributed by atoms with Gasteiger partial charge in [-0.25, -0.2) is 0 Å². The molecule has 0 saturated carbocycles. The van der Waals surface area contributed by atoms with Gasteiger partial charge in [-0.3, -0.25) is 0 Å². The molecule has 2 nitrogen and oxygen atoms in total. The first-order chi connectivity index (χ1) is 11.1. The van der Waals surface area contributed by atoms with Crippen molar-refractivity contribution in [3.63, 3.8) is 0 Å². The fourth-order valence-electron chi connectivity index (χ4n) is 3.34. The highest BCUT2D eigenvalue weighted by molar-refractivity contribution is 4.65. The Hall–Kier alpha value is -0.0800. The van der Waals surface area contributed by atoms with Crippen LogP contribution in [-0.4, -0.2) is 37.7 Å². The topological polar surface area (TPSA) is 12.5 Å². The molecule has 23 heavy (non-hydrogen) atoms. The van der Waals surface area contributed by atoms with E-state index in [0.29, 0.717) is 5.41 Å². The second-order valence-electron chi connectivity index (χ2n) is 8.70. The average molecular weight is 326 g/mol. The molecule has 1 aliphatic rings. The van der Waals surface area contributed by atoms with Crippen LogP contribution in [0.25, 0.3) is 0 Å². The van der Waals surface area contributed by atoms with Gasteiger partial charge in [-0.15, -0.1) is 0 Å². The number of hydrogen-bond acceptors (Lipinski definition) is 2. The maximum atomic E-state index is 5.71. The lowest BCUT2D eigenvalue weighted by molar-refractivity contribution is 0.0686. The molecule has 0 aromatic heterocycles. The van der Waals surface area contributed by atoms with Gasteiger partial charge < -0.3 is 9.64 Å². The molecule has 1 fully saturated rings. The molecule has 1 rings (SSSR count). The van der Waals surface area contributed by atoms with Crippen molar-refractivity contribution in [3.8, 4) is 0 Å². The summed E-state index contributed by atoms with van der Waals surface area (Å²) in [6.07, 6.45) is 16.9. The number of ether oxygens (including phenoxy) is 1. The summed E-state index contributed by atoms with van der Waals surface area (Å²) in [7, 11) is 0. The van der Waals surface area contributed by atoms with Crippen molar-refractivity contribution in [1.29, 1.82) is 0 Å². The Morgan fingerprint density at radius 2 is 1.17 bits per heavy atom. The summed E-state index contributed by atoms with van der Waals surface area (Å²) >= 11 is 0. The van der Waals surface area contributed by atoms with E-state index in [9.17, 15) is 0 Å². The van der Waals surface area contributed by atoms with E-state index >= 15 is 0 Å². The Morgan fingerprint density at radius 1 is 0.696 bits per heavy atom. The van der Waals surface area contributed by atoms with Crippen LogP contribution >= 0.6 is 0 Å². The van der Waals surface area contributed by atoms with Gasteiger partial charge in [-0.2, -0.15) is 0 Å². The number of likely N-dealkylation sites (tertiary alicyclic amines) is 1. The molecule has 0 radical (unpaired) electrons. The molecule has 1 saturated heterocycles. The van der Waals surface area contributed by atoms with Crippen LogP contribution in [0.2, 0.25) is 0 Å². The molecule has 0 bridgehead atoms. The maximum Gasteiger partial charge on any atom is 0.0514 e. The first kappa shape index (κ1) is 21.0. The van der Waals surface area contributed by atoms with E-state index in [-0.39, 0.29) is 0 Å². The lowest BCUT2D eigenvalue weighted by atomic mass is 9.99. The van der Waals surface area contributed by atoms with E-state index in [1.165, 1.54) is 96.7 Å². The van der Waals surface area contributed by atoms with E-state index < -0.39 is 0 Å². The van der Waals surface area contributed by atoms with E-state index in [4.69, 9.17) is 4.74 Å². The largest absolute Gasteiger partial charge is 0.381 e. The summed E-state index contributed by atoms with van der Waals surface area (Å²) in [6, 6.07) is 0. The van der Waals surface area contributed by atoms with Gasteiger partial charge in [-0.05, 0) is 50.7 Å². The van der Waals surface area contributed by atoms with Crippen molar-refractivity contribution < 1.29 is 4.74 Å². The van der Waals surface area contributed by atoms with Gasteiger partial charge in [0, 0.05) is 6.61 Å². The Bertz CT molecular complexity index is 253. The highest BCUT2D eigenvalue weighted by Gasteiger charge is 2.10. The van der Waals surface area contributed by atoms with Gasteiger partial charge in [0.05, 0.1) is 6.61 Å². The Kier molecular flexibility index (Phi) is 12.1. The van der Waals surface area contributed by atoms with Gasteiger partial charge >= 0.3 is 0 Å². The second-order valence-corrected chi connectivity index (χ2v) is 8.70. The monoisotopic (exact) mass is 325 g/mol. The van der Waals surface area contributed by atoms with Crippen LogP contribution in [0.5, 0.6) is 0 Å². The van der Waals surface area contributed by atoms with Crippen molar-refractivity contribution >= 4 is 0 Å². The van der Waals surface area contributed by atoms with Crippen molar-refractivity contribution in [3.05, 3.63) is 0 Å². The van der Waals surface area contributed by atoms with E-state index in [0.717, 1.165) is 13.2 Å². The molecule has 0 N–H and O–H groups in total. The minimum Gasteiger partial charge on any atom is -0.381 e. The molecule has 1 aliphatic heterocycles. The lowest BCUT2D eigenvalue weighted by Gasteiger charge is -2.17. The SMILES string of the molecule is CC(C)(C)COCCCCCCCCCCCCN1CCCC1. The van der Waals surface area contributed by atoms with Crippen LogP contribution in [0.4, 0.5) is 0 Å². The number of rotatable bonds is 14. The molecule has 0 aromatic carbocycles. The summed E-state index contributed by atoms with van der Waals surface area (Å²) in [5.74, 6) is 0. The molecule has 0 atom stereocenters. The van der Waals surface area contributed by atoms with Crippen molar-refractivity contribution in [1.82, 2.24) is 4.90 Å². The van der Waals surface area contributed by atoms with Crippen molar-refractivity contribution in [2.75, 3.05) is 32.8 Å². The molecular weight excluding hydrogens is 282 g/mol. The summed E-state index contributed by atoms with van der Waals surface area (Å²) in [5.41, 5.74) is 0.314. The van der Waals surface area contributed by atoms with Crippen LogP contribution in [0.1, 0.15) is 97.8 Å². The summed E-state index contributed by atoms with van der Waals surface area (Å²) in [5, 5.41) is 0. The van der Waals surface area contributed by atoms with Crippen LogP contribution in [0, 0.1) is 5.41 Å². The second kappa shape index (κ2) is 13.2. The van der Waals surface area contributed by atoms with Crippen LogP contribution in [0.3, 0.4) is 0 Å². The summed E-state index contributed by atoms with van der Waals surface area (Å²) < 4.78 is 5.71. The fraction of sp³-hybridized carbons (Fsp3) is 1.00. The molecule has 0 spiro atoms. The van der Waals surface area contributed by atoms with Crippen molar-refractivity contribution in [2.24, 2.45) is 5.41 Å². The molecule has 0 amide bonds. The average Bonchev–Trinajstić information content (AvgIpc) is 3.00. The zero-order valence-corrected chi connectivity index (χ0v) is 16.4. The molecule has 0 aromatic rings. The quantitative estimate of drug-likeness (QED) is 0.361. The Balaban J connectivity index is 1.68. The molecule has 1 heterocycles. The standard InChI is InChI=1S/C21H43NO/c1-21(2,3)20-23-19-15-11-9-7-5-4-6-8-10-12-16-22-17-13-14-18-22/h4-20H2,1-3H3. The molecule has 138 valence electrons. The highest BCUT2D eigenvalue weighted by atomic mass is 16.5. The first-order valence-corrected chi connectivity index (χ1v) is 10.4. The smallest absolute Gasteiger partial charge is 0.0514 e. The van der Waals surface area contributed by atoms with E-state index in [1.54, 1.807) is 0 Å². The third-order valence-corrected chi connectivity index (χ3v) is 4.75. The predicted molar refractivity (Wildman–Crippen MR) is 102 cm³/mol. The third-order valence-electron chi connectivity index (χ3n) is 4.75. The minimum atomic E-state index is 0.314. The van der Waals surface area contributed by atoms with Gasteiger partial charge in [0.2, 0.25) is 0 Å². The van der Waals surface area contributed by atoms with Gasteiger partial charge in [0.25, 0.3) is 0 Å². The minimum absolute atomic E-state index is 0.314. The van der Waals surface area contributed by atoms with E-state index in [1.807, 2.05) is 0 Å². The van der Waals surface area contributed by atoms with Crippen molar-refractivity contribution in [2.45, 2.75) is 97.8 Å². The van der Waals surface area contributed by atoms with Crippen LogP contribution < -0.4 is 0 Å². The number of unbranched alkanes of at least 4 members (excludes halogenated alkanes) is 9. The van der Waals surface area contributed by atoms with Crippen LogP contribution in [-0.2, 0) is 4.74 Å². The molecular formula is C21H43NO. The van der Waals surface area contributed by atoms with Gasteiger partial charge in [-0.1, -0.05) is 72.1 Å². The molecule has 2 heteroatoms. The summed E-state index contributed by atoms with van der Waals surface area (Å²) in [6.45, 7) is 12.6. The Morgan fingerprint density at radius 3 is 1.70 bits per heavy atom. The lowest BCUT2D eigenvalue weighted by Crippen LogP contribution is -2.20. The van der Waals surface area contributed by atoms with Gasteiger partial charge in [0.1, 0.15) is 0 Å². The number of hydrogen-bond donors (Lipinski definition) is 0. The van der Waals surface area contributed by atoms with E-state index in [2.05, 4.69) is 25.7 Å². The van der Waals surface area contributed by atoms with Gasteiger partial charge in [0.15, 0.2) is 0 Å². The molecule has 0 unspecified atom stereocenters. The molecule has 0 aliphatic carbocycles. The zero-order chi connectivity index (χ0) is 16.8. The predicted octanol–water partition coefficient (Wildman–Crippen LogP) is 6.05. The number of nitrogens with zero attached hydrogens (tertiary/aromatic N) is 1. The maximum absolute atomic E-state index is 5.71. The highest BCUT2D eigenvalue weighted by Crippen LogP contribution is 2.14. The Labute approximate surface area is 146 Å². The third kappa shape index (κ3) is 14.0. The fourth-order valence-corrected chi connectivity index (χ4v) is 3.34. The first-order valence-electron chi connectivity index (χ1n) is 10.4. The van der Waals surface area contributed by atoms with Crippen LogP contribution in [0.15, 0.2) is 0 Å². The summed E-state index contributed by atoms with van der Waals surface area (Å²) in [4.78, 5) is 2.64.